The summed E-state index contributed by atoms with van der Waals surface area (Å²) < 4.78 is 5.64. The number of rotatable bonds is 9. The van der Waals surface area contributed by atoms with Gasteiger partial charge in [-0.05, 0) is 102 Å². The number of likely N-dealkylation sites (tertiary alicyclic amines) is 1. The summed E-state index contributed by atoms with van der Waals surface area (Å²) in [6.45, 7) is 17.0. The Morgan fingerprint density at radius 3 is 2.47 bits per heavy atom. The highest BCUT2D eigenvalue weighted by atomic mass is 16.5. The fourth-order valence-electron chi connectivity index (χ4n) is 6.45. The Morgan fingerprint density at radius 2 is 1.84 bits per heavy atom. The fourth-order valence-corrected chi connectivity index (χ4v) is 6.45. The Bertz CT molecular complexity index is 1370. The summed E-state index contributed by atoms with van der Waals surface area (Å²) in [5.41, 5.74) is 5.59. The van der Waals surface area contributed by atoms with E-state index in [1.165, 1.54) is 0 Å². The lowest BCUT2D eigenvalue weighted by atomic mass is 9.95. The van der Waals surface area contributed by atoms with Crippen molar-refractivity contribution in [3.8, 4) is 11.8 Å². The molecule has 8 nitrogen and oxygen atoms in total. The number of benzene rings is 1. The minimum absolute atomic E-state index is 0.155. The minimum Gasteiger partial charge on any atom is -0.392 e. The van der Waals surface area contributed by atoms with Gasteiger partial charge in [-0.15, -0.1) is 0 Å². The van der Waals surface area contributed by atoms with Crippen LogP contribution in [-0.2, 0) is 11.3 Å². The predicted molar refractivity (Wildman–Crippen MR) is 173 cm³/mol. The molecule has 43 heavy (non-hydrogen) atoms. The third-order valence-corrected chi connectivity index (χ3v) is 8.79. The molecule has 1 aromatic carbocycles. The first-order valence-corrected chi connectivity index (χ1v) is 16.0. The molecular formula is C35H50N4O4. The molecule has 0 spiro atoms. The zero-order valence-electron chi connectivity index (χ0n) is 26.9. The van der Waals surface area contributed by atoms with E-state index in [4.69, 9.17) is 4.74 Å². The van der Waals surface area contributed by atoms with Crippen molar-refractivity contribution in [1.82, 2.24) is 15.2 Å². The molecule has 4 rings (SSSR count). The number of amides is 1. The van der Waals surface area contributed by atoms with Crippen LogP contribution in [0.4, 0.5) is 5.69 Å². The van der Waals surface area contributed by atoms with E-state index in [0.717, 1.165) is 86.6 Å². The smallest absolute Gasteiger partial charge is 0.253 e. The number of hydrogen-bond donors (Lipinski definition) is 3. The van der Waals surface area contributed by atoms with Gasteiger partial charge < -0.3 is 29.9 Å². The number of nitrogens with zero attached hydrogens (tertiary/aromatic N) is 2. The topological polar surface area (TPSA) is 97.9 Å². The van der Waals surface area contributed by atoms with Crippen molar-refractivity contribution in [2.24, 2.45) is 5.92 Å². The van der Waals surface area contributed by atoms with Crippen LogP contribution in [0.15, 0.2) is 23.0 Å². The molecule has 3 N–H and O–H groups in total. The first kappa shape index (κ1) is 32.8. The number of ether oxygens (including phenoxy) is 1. The van der Waals surface area contributed by atoms with Crippen LogP contribution in [0.2, 0.25) is 0 Å². The maximum Gasteiger partial charge on any atom is 0.253 e. The third kappa shape index (κ3) is 8.50. The molecule has 3 heterocycles. The van der Waals surface area contributed by atoms with E-state index in [1.54, 1.807) is 0 Å². The van der Waals surface area contributed by atoms with E-state index in [1.807, 2.05) is 32.9 Å². The number of piperidine rings is 1. The average molecular weight is 591 g/mol. The van der Waals surface area contributed by atoms with Gasteiger partial charge >= 0.3 is 0 Å². The molecule has 0 unspecified atom stereocenters. The molecule has 2 saturated heterocycles. The van der Waals surface area contributed by atoms with Crippen LogP contribution in [-0.4, -0.2) is 72.4 Å². The number of aliphatic hydroxyl groups is 1. The van der Waals surface area contributed by atoms with Crippen LogP contribution >= 0.6 is 0 Å². The van der Waals surface area contributed by atoms with Gasteiger partial charge in [-0.2, -0.15) is 0 Å². The maximum atomic E-state index is 13.8. The number of aryl methyl sites for hydroxylation is 1. The van der Waals surface area contributed by atoms with E-state index in [9.17, 15) is 14.7 Å². The van der Waals surface area contributed by atoms with Gasteiger partial charge in [0, 0.05) is 72.9 Å². The number of nitrogens with one attached hydrogen (secondary N) is 2. The van der Waals surface area contributed by atoms with Crippen LogP contribution in [0.3, 0.4) is 0 Å². The lowest BCUT2D eigenvalue weighted by Crippen LogP contribution is -2.40. The van der Waals surface area contributed by atoms with Crippen molar-refractivity contribution in [3.63, 3.8) is 0 Å². The molecule has 2 fully saturated rings. The Morgan fingerprint density at radius 1 is 1.14 bits per heavy atom. The number of aliphatic hydroxyl groups excluding tert-OH is 1. The highest BCUT2D eigenvalue weighted by Crippen LogP contribution is 2.30. The normalized spacial score (nSPS) is 17.4. The van der Waals surface area contributed by atoms with Crippen molar-refractivity contribution >= 4 is 11.6 Å². The van der Waals surface area contributed by atoms with E-state index < -0.39 is 0 Å². The van der Waals surface area contributed by atoms with Crippen molar-refractivity contribution in [3.05, 3.63) is 62.1 Å². The highest BCUT2D eigenvalue weighted by molar-refractivity contribution is 5.97. The predicted octanol–water partition coefficient (Wildman–Crippen LogP) is 4.49. The zero-order chi connectivity index (χ0) is 31.1. The standard InChI is InChI=1S/C35H50N4O4/c1-7-39(29-12-16-43-17-13-29)33-20-28(9-8-27-10-14-38(15-11-27)22-25(5)40)19-31(26(33)6)34(41)36-21-32-30(23(2)3)18-24(4)37-35(32)42/h18-20,23,25,27,29,40H,7,10-17,21-22H2,1-6H3,(H,36,41)(H,37,42)/t25-/m0/s1. The van der Waals surface area contributed by atoms with E-state index in [2.05, 4.69) is 58.8 Å². The van der Waals surface area contributed by atoms with E-state index in [-0.39, 0.29) is 36.0 Å². The van der Waals surface area contributed by atoms with Crippen LogP contribution < -0.4 is 15.8 Å². The molecule has 2 aromatic rings. The summed E-state index contributed by atoms with van der Waals surface area (Å²) in [5, 5.41) is 12.8. The number of carbonyl (C=O) groups excluding carboxylic acids is 1. The Balaban J connectivity index is 1.63. The molecule has 1 aromatic heterocycles. The van der Waals surface area contributed by atoms with E-state index >= 15 is 0 Å². The summed E-state index contributed by atoms with van der Waals surface area (Å²) in [5.74, 6) is 7.17. The number of H-pyrrole nitrogens is 1. The van der Waals surface area contributed by atoms with Crippen molar-refractivity contribution in [1.29, 1.82) is 0 Å². The highest BCUT2D eigenvalue weighted by Gasteiger charge is 2.25. The summed E-state index contributed by atoms with van der Waals surface area (Å²) in [7, 11) is 0. The summed E-state index contributed by atoms with van der Waals surface area (Å²) in [6, 6.07) is 6.39. The summed E-state index contributed by atoms with van der Waals surface area (Å²) >= 11 is 0. The lowest BCUT2D eigenvalue weighted by Gasteiger charge is -2.36. The molecule has 1 amide bonds. The van der Waals surface area contributed by atoms with Crippen LogP contribution in [0.25, 0.3) is 0 Å². The van der Waals surface area contributed by atoms with Gasteiger partial charge in [0.2, 0.25) is 0 Å². The number of anilines is 1. The number of β-amino-alcohol motifs (C(OH)–C–C–N with tert-alkyl or cyclic N) is 1. The second-order valence-corrected chi connectivity index (χ2v) is 12.5. The Kier molecular flexibility index (Phi) is 11.5. The number of aromatic amines is 1. The van der Waals surface area contributed by atoms with E-state index in [0.29, 0.717) is 23.7 Å². The largest absolute Gasteiger partial charge is 0.392 e. The summed E-state index contributed by atoms with van der Waals surface area (Å²) in [6.07, 6.45) is 3.52. The number of hydrogen-bond acceptors (Lipinski definition) is 6. The van der Waals surface area contributed by atoms with Gasteiger partial charge in [-0.3, -0.25) is 9.59 Å². The first-order chi connectivity index (χ1) is 20.6. The zero-order valence-corrected chi connectivity index (χ0v) is 26.9. The Hall–Kier alpha value is -3.12. The third-order valence-electron chi connectivity index (χ3n) is 8.79. The minimum atomic E-state index is -0.322. The van der Waals surface area contributed by atoms with Crippen LogP contribution in [0.1, 0.15) is 97.6 Å². The molecule has 0 bridgehead atoms. The molecule has 0 aliphatic carbocycles. The molecule has 2 aliphatic rings. The van der Waals surface area contributed by atoms with Gasteiger partial charge in [0.15, 0.2) is 0 Å². The second-order valence-electron chi connectivity index (χ2n) is 12.5. The Labute approximate surface area is 257 Å². The number of aromatic nitrogens is 1. The van der Waals surface area contributed by atoms with Gasteiger partial charge in [-0.1, -0.05) is 25.7 Å². The van der Waals surface area contributed by atoms with Gasteiger partial charge in [-0.25, -0.2) is 0 Å². The average Bonchev–Trinajstić information content (AvgIpc) is 2.97. The van der Waals surface area contributed by atoms with Gasteiger partial charge in [0.05, 0.1) is 6.10 Å². The molecule has 0 saturated carbocycles. The van der Waals surface area contributed by atoms with Gasteiger partial charge in [0.1, 0.15) is 0 Å². The quantitative estimate of drug-likeness (QED) is 0.373. The SMILES string of the molecule is CCN(c1cc(C#CC2CCN(C[C@H](C)O)CC2)cc(C(=O)NCc2c(C(C)C)cc(C)[nH]c2=O)c1C)C1CCOCC1. The molecular weight excluding hydrogens is 540 g/mol. The van der Waals surface area contributed by atoms with Crippen molar-refractivity contribution in [2.45, 2.75) is 91.8 Å². The van der Waals surface area contributed by atoms with Crippen molar-refractivity contribution < 1.29 is 14.6 Å². The van der Waals surface area contributed by atoms with Crippen LogP contribution in [0, 0.1) is 31.6 Å². The maximum absolute atomic E-state index is 13.8. The molecule has 1 atom stereocenters. The number of carbonyl (C=O) groups is 1. The lowest BCUT2D eigenvalue weighted by molar-refractivity contribution is 0.0845. The summed E-state index contributed by atoms with van der Waals surface area (Å²) in [4.78, 5) is 34.2. The van der Waals surface area contributed by atoms with Gasteiger partial charge in [0.25, 0.3) is 11.5 Å². The molecule has 8 heteroatoms. The molecule has 234 valence electrons. The first-order valence-electron chi connectivity index (χ1n) is 16.0. The molecule has 0 radical (unpaired) electrons. The monoisotopic (exact) mass is 590 g/mol. The van der Waals surface area contributed by atoms with Crippen molar-refractivity contribution in [2.75, 3.05) is 44.3 Å². The second kappa shape index (κ2) is 15.1. The van der Waals surface area contributed by atoms with Crippen LogP contribution in [0.5, 0.6) is 0 Å². The number of pyridine rings is 1. The fraction of sp³-hybridized carbons (Fsp3) is 0.600. The molecule has 2 aliphatic heterocycles.